The highest BCUT2D eigenvalue weighted by molar-refractivity contribution is 7.85. The van der Waals surface area contributed by atoms with Crippen molar-refractivity contribution >= 4 is 23.3 Å². The third kappa shape index (κ3) is 4.85. The van der Waals surface area contributed by atoms with Crippen molar-refractivity contribution in [2.75, 3.05) is 13.1 Å². The second kappa shape index (κ2) is 5.42. The van der Waals surface area contributed by atoms with Crippen LogP contribution >= 0.6 is 0 Å². The van der Waals surface area contributed by atoms with E-state index in [9.17, 15) is 13.4 Å². The van der Waals surface area contributed by atoms with E-state index in [4.69, 9.17) is 4.74 Å². The van der Waals surface area contributed by atoms with Gasteiger partial charge >= 0.3 is 6.09 Å². The molecule has 0 saturated carbocycles. The Morgan fingerprint density at radius 2 is 1.80 bits per heavy atom. The number of hydrogen-bond acceptors (Lipinski definition) is 3. The topological polar surface area (TPSA) is 59.0 Å². The van der Waals surface area contributed by atoms with Gasteiger partial charge in [-0.2, -0.15) is 4.40 Å². The fraction of sp³-hybridized carbons (Fsp3) is 0.846. The second-order valence-electron chi connectivity index (χ2n) is 6.97. The zero-order valence-electron chi connectivity index (χ0n) is 12.9. The Labute approximate surface area is 122 Å². The predicted octanol–water partition coefficient (Wildman–Crippen LogP) is 2.48. The summed E-state index contributed by atoms with van der Waals surface area (Å²) >= 11 is 0. The van der Waals surface area contributed by atoms with Crippen molar-refractivity contribution in [3.8, 4) is 0 Å². The molecule has 0 aliphatic carbocycles. The van der Waals surface area contributed by atoms with E-state index in [2.05, 4.69) is 4.40 Å². The smallest absolute Gasteiger partial charge is 0.410 e. The number of hydrogen-bond donors (Lipinski definition) is 0. The summed E-state index contributed by atoms with van der Waals surface area (Å²) in [6.45, 7) is 10.3. The molecule has 1 fully saturated rings. The quantitative estimate of drug-likeness (QED) is 0.736. The summed E-state index contributed by atoms with van der Waals surface area (Å²) in [5.41, 5.74) is -2.31. The van der Waals surface area contributed by atoms with Crippen LogP contribution in [0.15, 0.2) is 4.40 Å². The number of carbonyl (C=O) groups is 1. The van der Waals surface area contributed by atoms with Crippen LogP contribution in [0.25, 0.3) is 0 Å². The first kappa shape index (κ1) is 17.1. The normalized spacial score (nSPS) is 20.6. The first-order valence-electron chi connectivity index (χ1n) is 6.46. The van der Waals surface area contributed by atoms with Crippen molar-refractivity contribution < 1.29 is 18.1 Å². The molecule has 1 aliphatic rings. The predicted molar refractivity (Wildman–Crippen MR) is 78.0 cm³/mol. The number of ether oxygens (including phenoxy) is 1. The molecule has 0 radical (unpaired) electrons. The molecule has 1 unspecified atom stereocenters. The van der Waals surface area contributed by atoms with Crippen LogP contribution in [0.4, 0.5) is 9.18 Å². The van der Waals surface area contributed by atoms with Crippen LogP contribution in [0.2, 0.25) is 0 Å². The second-order valence-corrected chi connectivity index (χ2v) is 8.90. The molecule has 1 atom stereocenters. The van der Waals surface area contributed by atoms with Gasteiger partial charge in [0.25, 0.3) is 0 Å². The van der Waals surface area contributed by atoms with E-state index >= 15 is 0 Å². The average Bonchev–Trinajstić information content (AvgIpc) is 2.17. The van der Waals surface area contributed by atoms with Gasteiger partial charge in [-0.25, -0.2) is 13.4 Å². The maximum atomic E-state index is 14.2. The van der Waals surface area contributed by atoms with Crippen molar-refractivity contribution in [2.45, 2.75) is 57.6 Å². The van der Waals surface area contributed by atoms with Gasteiger partial charge in [-0.3, -0.25) is 0 Å². The summed E-state index contributed by atoms with van der Waals surface area (Å²) in [6.07, 6.45) is 0.506. The molecule has 0 aromatic rings. The Morgan fingerprint density at radius 1 is 1.30 bits per heavy atom. The van der Waals surface area contributed by atoms with E-state index in [1.54, 1.807) is 41.5 Å². The fourth-order valence-electron chi connectivity index (χ4n) is 1.43. The van der Waals surface area contributed by atoms with Crippen LogP contribution in [-0.4, -0.2) is 50.5 Å². The molecule has 0 aromatic heterocycles. The average molecular weight is 306 g/mol. The Balaban J connectivity index is 2.52. The summed E-state index contributed by atoms with van der Waals surface area (Å²) in [5, 5.41) is 0. The Hall–Kier alpha value is -0.980. The lowest BCUT2D eigenvalue weighted by molar-refractivity contribution is -0.0221. The van der Waals surface area contributed by atoms with Crippen LogP contribution < -0.4 is 0 Å². The molecule has 1 heterocycles. The van der Waals surface area contributed by atoms with Gasteiger partial charge < -0.3 is 9.64 Å². The fourth-order valence-corrected chi connectivity index (χ4v) is 2.03. The van der Waals surface area contributed by atoms with Crippen molar-refractivity contribution in [3.63, 3.8) is 0 Å². The highest BCUT2D eigenvalue weighted by Gasteiger charge is 2.46. The van der Waals surface area contributed by atoms with Crippen molar-refractivity contribution in [3.05, 3.63) is 0 Å². The molecule has 1 amide bonds. The summed E-state index contributed by atoms with van der Waals surface area (Å²) in [7, 11) is -1.49. The van der Waals surface area contributed by atoms with Crippen molar-refractivity contribution in [1.82, 2.24) is 4.90 Å². The maximum absolute atomic E-state index is 14.2. The van der Waals surface area contributed by atoms with Gasteiger partial charge in [0.05, 0.1) is 24.1 Å². The van der Waals surface area contributed by atoms with E-state index < -0.39 is 33.1 Å². The van der Waals surface area contributed by atoms with Gasteiger partial charge in [-0.1, -0.05) is 0 Å². The summed E-state index contributed by atoms with van der Waals surface area (Å²) < 4.78 is 34.2. The van der Waals surface area contributed by atoms with E-state index in [1.165, 1.54) is 4.90 Å². The van der Waals surface area contributed by atoms with E-state index in [-0.39, 0.29) is 13.1 Å². The SMILES string of the molecule is CC(C)(C)OC(=O)N1CC(F)(C=NS(=O)C(C)(C)C)C1. The molecular weight excluding hydrogens is 283 g/mol. The molecule has 1 rings (SSSR count). The third-order valence-electron chi connectivity index (χ3n) is 2.46. The largest absolute Gasteiger partial charge is 0.444 e. The Bertz CT molecular complexity index is 432. The summed E-state index contributed by atoms with van der Waals surface area (Å²) in [5.74, 6) is 0. The molecule has 1 saturated heterocycles. The number of likely N-dealkylation sites (tertiary alicyclic amines) is 1. The third-order valence-corrected chi connectivity index (χ3v) is 3.81. The zero-order chi connectivity index (χ0) is 15.8. The minimum Gasteiger partial charge on any atom is -0.444 e. The monoisotopic (exact) mass is 306 g/mol. The highest BCUT2D eigenvalue weighted by Crippen LogP contribution is 2.26. The Morgan fingerprint density at radius 3 is 2.20 bits per heavy atom. The minimum atomic E-state index is -1.71. The van der Waals surface area contributed by atoms with Gasteiger partial charge in [0.1, 0.15) is 16.6 Å². The van der Waals surface area contributed by atoms with Crippen LogP contribution in [0, 0.1) is 0 Å². The summed E-state index contributed by atoms with van der Waals surface area (Å²) in [6, 6.07) is 0. The first-order chi connectivity index (χ1) is 8.82. The molecule has 116 valence electrons. The molecular formula is C13H23FN2O3S. The van der Waals surface area contributed by atoms with Crippen LogP contribution in [-0.2, 0) is 15.7 Å². The van der Waals surface area contributed by atoms with Gasteiger partial charge in [0.15, 0.2) is 5.67 Å². The Kier molecular flexibility index (Phi) is 4.63. The van der Waals surface area contributed by atoms with Crippen LogP contribution in [0.1, 0.15) is 41.5 Å². The zero-order valence-corrected chi connectivity index (χ0v) is 13.7. The van der Waals surface area contributed by atoms with Gasteiger partial charge in [-0.15, -0.1) is 0 Å². The van der Waals surface area contributed by atoms with E-state index in [0.717, 1.165) is 6.21 Å². The molecule has 20 heavy (non-hydrogen) atoms. The van der Waals surface area contributed by atoms with Crippen molar-refractivity contribution in [2.24, 2.45) is 4.40 Å². The molecule has 0 bridgehead atoms. The van der Waals surface area contributed by atoms with Gasteiger partial charge in [0.2, 0.25) is 0 Å². The summed E-state index contributed by atoms with van der Waals surface area (Å²) in [4.78, 5) is 12.9. The van der Waals surface area contributed by atoms with Crippen LogP contribution in [0.3, 0.4) is 0 Å². The lowest BCUT2D eigenvalue weighted by Gasteiger charge is -2.42. The van der Waals surface area contributed by atoms with E-state index in [0.29, 0.717) is 0 Å². The van der Waals surface area contributed by atoms with Gasteiger partial charge in [0, 0.05) is 0 Å². The number of rotatable bonds is 2. The van der Waals surface area contributed by atoms with Crippen molar-refractivity contribution in [1.29, 1.82) is 0 Å². The van der Waals surface area contributed by atoms with E-state index in [1.807, 2.05) is 0 Å². The number of halogens is 1. The molecule has 0 N–H and O–H groups in total. The highest BCUT2D eigenvalue weighted by atomic mass is 32.2. The molecule has 0 spiro atoms. The number of amides is 1. The molecule has 1 aliphatic heterocycles. The molecule has 5 nitrogen and oxygen atoms in total. The number of carbonyl (C=O) groups excluding carboxylic acids is 1. The first-order valence-corrected chi connectivity index (χ1v) is 7.57. The lowest BCUT2D eigenvalue weighted by Crippen LogP contribution is -2.62. The standard InChI is InChI=1S/C13H23FN2O3S/c1-11(2,3)19-10(17)16-8-13(14,9-16)7-15-20(18)12(4,5)6/h7H,8-9H2,1-6H3. The number of alkyl halides is 1. The molecule has 0 aromatic carbocycles. The molecule has 7 heteroatoms. The maximum Gasteiger partial charge on any atom is 0.410 e. The van der Waals surface area contributed by atoms with Gasteiger partial charge in [-0.05, 0) is 41.5 Å². The minimum absolute atomic E-state index is 0.118. The lowest BCUT2D eigenvalue weighted by atomic mass is 9.99. The van der Waals surface area contributed by atoms with Crippen LogP contribution in [0.5, 0.6) is 0 Å². The number of nitrogens with zero attached hydrogens (tertiary/aromatic N) is 2.